The van der Waals surface area contributed by atoms with E-state index in [1.807, 2.05) is 0 Å². The van der Waals surface area contributed by atoms with E-state index < -0.39 is 39.4 Å². The predicted molar refractivity (Wildman–Crippen MR) is 137 cm³/mol. The molecule has 1 unspecified atom stereocenters. The minimum Gasteiger partial charge on any atom is -0.462 e. The maximum atomic E-state index is 13.8. The number of carbonyl (C=O) groups excluding carboxylic acids is 3. The Bertz CT molecular complexity index is 1540. The molecular weight excluding hydrogens is 512 g/mol. The van der Waals surface area contributed by atoms with Crippen molar-refractivity contribution < 1.29 is 37.0 Å². The van der Waals surface area contributed by atoms with Gasteiger partial charge in [-0.05, 0) is 48.9 Å². The lowest BCUT2D eigenvalue weighted by Crippen LogP contribution is -2.38. The normalized spacial score (nSPS) is 17.3. The van der Waals surface area contributed by atoms with Gasteiger partial charge in [-0.1, -0.05) is 30.3 Å². The molecule has 0 bridgehead atoms. The molecule has 0 aromatic heterocycles. The molecule has 0 fully saturated rings. The zero-order valence-corrected chi connectivity index (χ0v) is 21.2. The Kier molecular flexibility index (Phi) is 6.77. The highest BCUT2D eigenvalue weighted by Gasteiger charge is 2.40. The van der Waals surface area contributed by atoms with Crippen LogP contribution in [0.3, 0.4) is 0 Å². The van der Waals surface area contributed by atoms with E-state index in [0.29, 0.717) is 17.1 Å². The fourth-order valence-corrected chi connectivity index (χ4v) is 6.39. The van der Waals surface area contributed by atoms with Crippen molar-refractivity contribution in [2.45, 2.75) is 23.5 Å². The number of hydrogen-bond acceptors (Lipinski definition) is 8. The van der Waals surface area contributed by atoms with Crippen LogP contribution in [0.15, 0.2) is 71.6 Å². The van der Waals surface area contributed by atoms with Gasteiger partial charge in [0.05, 0.1) is 33.7 Å². The van der Waals surface area contributed by atoms with Crippen molar-refractivity contribution in [1.29, 1.82) is 0 Å². The van der Waals surface area contributed by atoms with Crippen LogP contribution in [0.25, 0.3) is 0 Å². The largest absolute Gasteiger partial charge is 0.462 e. The maximum absolute atomic E-state index is 13.8. The average Bonchev–Trinajstić information content (AvgIpc) is 3.36. The van der Waals surface area contributed by atoms with Crippen molar-refractivity contribution in [3.05, 3.63) is 77.9 Å². The van der Waals surface area contributed by atoms with Gasteiger partial charge in [-0.3, -0.25) is 9.59 Å². The molecule has 0 aliphatic carbocycles. The van der Waals surface area contributed by atoms with Crippen LogP contribution in [0.2, 0.25) is 0 Å². The first-order valence-electron chi connectivity index (χ1n) is 11.9. The number of nitrogens with one attached hydrogen (secondary N) is 1. The molecule has 10 nitrogen and oxygen atoms in total. The molecule has 2 aliphatic rings. The summed E-state index contributed by atoms with van der Waals surface area (Å²) in [6.45, 7) is 1.40. The van der Waals surface area contributed by atoms with Crippen molar-refractivity contribution in [2.24, 2.45) is 0 Å². The molecule has 5 rings (SSSR count). The van der Waals surface area contributed by atoms with E-state index in [1.165, 1.54) is 18.2 Å². The first-order chi connectivity index (χ1) is 18.3. The van der Waals surface area contributed by atoms with Crippen LogP contribution in [0.5, 0.6) is 11.5 Å². The molecule has 0 radical (unpaired) electrons. The highest BCUT2D eigenvalue weighted by Crippen LogP contribution is 2.43. The maximum Gasteiger partial charge on any atom is 0.340 e. The molecule has 0 saturated carbocycles. The van der Waals surface area contributed by atoms with E-state index in [1.54, 1.807) is 55.5 Å². The van der Waals surface area contributed by atoms with Crippen molar-refractivity contribution in [3.8, 4) is 11.5 Å². The molecule has 196 valence electrons. The number of nitrogens with zero attached hydrogens (tertiary/aromatic N) is 1. The Morgan fingerprint density at radius 2 is 1.76 bits per heavy atom. The van der Waals surface area contributed by atoms with Gasteiger partial charge in [0.25, 0.3) is 0 Å². The number of rotatable bonds is 6. The molecular formula is C27H24N2O8S. The van der Waals surface area contributed by atoms with E-state index in [4.69, 9.17) is 14.2 Å². The summed E-state index contributed by atoms with van der Waals surface area (Å²) in [4.78, 5) is 39.9. The molecule has 1 N–H and O–H groups in total. The minimum atomic E-state index is -4.03. The van der Waals surface area contributed by atoms with Crippen LogP contribution >= 0.6 is 0 Å². The van der Waals surface area contributed by atoms with Crippen molar-refractivity contribution in [3.63, 3.8) is 0 Å². The Balaban J connectivity index is 1.46. The van der Waals surface area contributed by atoms with Crippen LogP contribution < -0.4 is 19.7 Å². The van der Waals surface area contributed by atoms with Gasteiger partial charge >= 0.3 is 5.97 Å². The number of ether oxygens (including phenoxy) is 3. The number of fused-ring (bicyclic) bond motifs is 2. The summed E-state index contributed by atoms with van der Waals surface area (Å²) in [5, 5.41) is 1.46. The third-order valence-electron chi connectivity index (χ3n) is 6.26. The van der Waals surface area contributed by atoms with Crippen LogP contribution in [0.1, 0.15) is 34.5 Å². The highest BCUT2D eigenvalue weighted by molar-refractivity contribution is 7.92. The van der Waals surface area contributed by atoms with Gasteiger partial charge in [0, 0.05) is 6.42 Å². The van der Waals surface area contributed by atoms with Crippen LogP contribution in [0.4, 0.5) is 11.4 Å². The molecule has 2 aliphatic heterocycles. The standard InChI is InChI=1S/C27H24N2O8S/c1-2-35-27(32)18-7-3-4-8-19(18)28-25(30)15-29-20-9-5-6-10-23(20)38(33,34)24(14-26(29)31)17-11-12-21-22(13-17)37-16-36-21/h3-13,24H,2,14-16H2,1H3,(H,28,30). The number of esters is 1. The fourth-order valence-electron chi connectivity index (χ4n) is 4.48. The van der Waals surface area contributed by atoms with Gasteiger partial charge < -0.3 is 24.4 Å². The molecule has 3 aromatic carbocycles. The fraction of sp³-hybridized carbons (Fsp3) is 0.222. The number of carbonyl (C=O) groups is 3. The van der Waals surface area contributed by atoms with E-state index in [9.17, 15) is 22.8 Å². The number of anilines is 2. The van der Waals surface area contributed by atoms with Gasteiger partial charge in [-0.25, -0.2) is 13.2 Å². The Morgan fingerprint density at radius 1 is 1.03 bits per heavy atom. The molecule has 2 heterocycles. The minimum absolute atomic E-state index is 0.0279. The van der Waals surface area contributed by atoms with Gasteiger partial charge in [-0.15, -0.1) is 0 Å². The average molecular weight is 537 g/mol. The summed E-state index contributed by atoms with van der Waals surface area (Å²) in [6, 6.07) is 17.2. The third-order valence-corrected chi connectivity index (χ3v) is 8.41. The van der Waals surface area contributed by atoms with Crippen molar-refractivity contribution in [1.82, 2.24) is 0 Å². The number of sulfone groups is 1. The quantitative estimate of drug-likeness (QED) is 0.474. The molecule has 1 atom stereocenters. The monoisotopic (exact) mass is 536 g/mol. The molecule has 0 saturated heterocycles. The predicted octanol–water partition coefficient (Wildman–Crippen LogP) is 3.48. The second kappa shape index (κ2) is 10.2. The van der Waals surface area contributed by atoms with Crippen LogP contribution in [0, 0.1) is 0 Å². The molecule has 38 heavy (non-hydrogen) atoms. The smallest absolute Gasteiger partial charge is 0.340 e. The topological polar surface area (TPSA) is 128 Å². The summed E-state index contributed by atoms with van der Waals surface area (Å²) in [5.74, 6) is -0.858. The number of hydrogen-bond donors (Lipinski definition) is 1. The van der Waals surface area contributed by atoms with Gasteiger partial charge in [-0.2, -0.15) is 0 Å². The van der Waals surface area contributed by atoms with Gasteiger partial charge in [0.1, 0.15) is 6.54 Å². The highest BCUT2D eigenvalue weighted by atomic mass is 32.2. The first-order valence-corrected chi connectivity index (χ1v) is 13.4. The zero-order chi connectivity index (χ0) is 26.9. The number of para-hydroxylation sites is 2. The number of benzene rings is 3. The van der Waals surface area contributed by atoms with Gasteiger partial charge in [0.2, 0.25) is 18.6 Å². The van der Waals surface area contributed by atoms with Crippen molar-refractivity contribution >= 4 is 39.0 Å². The first kappa shape index (κ1) is 25.3. The summed E-state index contributed by atoms with van der Waals surface area (Å²) in [6.07, 6.45) is -0.386. The number of amides is 2. The second-order valence-corrected chi connectivity index (χ2v) is 10.7. The lowest BCUT2D eigenvalue weighted by atomic mass is 10.1. The summed E-state index contributed by atoms with van der Waals surface area (Å²) >= 11 is 0. The third kappa shape index (κ3) is 4.68. The molecule has 3 aromatic rings. The van der Waals surface area contributed by atoms with Crippen LogP contribution in [-0.4, -0.2) is 46.1 Å². The van der Waals surface area contributed by atoms with Crippen molar-refractivity contribution in [2.75, 3.05) is 30.2 Å². The van der Waals surface area contributed by atoms with Gasteiger partial charge in [0.15, 0.2) is 21.3 Å². The molecule has 11 heteroatoms. The SMILES string of the molecule is CCOC(=O)c1ccccc1NC(=O)CN1C(=O)CC(c2ccc3c(c2)OCO3)S(=O)(=O)c2ccccc21. The molecule has 0 spiro atoms. The Hall–Kier alpha value is -4.38. The lowest BCUT2D eigenvalue weighted by molar-refractivity contribution is -0.121. The van der Waals surface area contributed by atoms with Crippen LogP contribution in [-0.2, 0) is 24.2 Å². The lowest BCUT2D eigenvalue weighted by Gasteiger charge is -2.22. The Morgan fingerprint density at radius 3 is 2.58 bits per heavy atom. The van der Waals surface area contributed by atoms with E-state index in [-0.39, 0.29) is 41.7 Å². The molecule has 2 amide bonds. The summed E-state index contributed by atoms with van der Waals surface area (Å²) in [7, 11) is -4.03. The van der Waals surface area contributed by atoms with E-state index in [0.717, 1.165) is 4.90 Å². The zero-order valence-electron chi connectivity index (χ0n) is 20.4. The Labute approximate surface area is 219 Å². The summed E-state index contributed by atoms with van der Waals surface area (Å²) in [5.41, 5.74) is 0.870. The second-order valence-electron chi connectivity index (χ2n) is 8.61. The van der Waals surface area contributed by atoms with E-state index >= 15 is 0 Å². The summed E-state index contributed by atoms with van der Waals surface area (Å²) < 4.78 is 43.3. The van der Waals surface area contributed by atoms with E-state index in [2.05, 4.69) is 5.32 Å².